The van der Waals surface area contributed by atoms with Crippen molar-refractivity contribution in [1.29, 1.82) is 0 Å². The number of hydrogen-bond donors (Lipinski definition) is 1. The van der Waals surface area contributed by atoms with E-state index in [1.807, 2.05) is 48.5 Å². The van der Waals surface area contributed by atoms with Gasteiger partial charge in [-0.3, -0.25) is 9.69 Å². The van der Waals surface area contributed by atoms with Crippen molar-refractivity contribution >= 4 is 34.9 Å². The summed E-state index contributed by atoms with van der Waals surface area (Å²) in [5.41, 5.74) is 3.06. The normalized spacial score (nSPS) is 13.5. The van der Waals surface area contributed by atoms with E-state index in [1.165, 1.54) is 0 Å². The lowest BCUT2D eigenvalue weighted by Crippen LogP contribution is -2.49. The third-order valence-corrected chi connectivity index (χ3v) is 6.09. The quantitative estimate of drug-likeness (QED) is 0.458. The lowest BCUT2D eigenvalue weighted by atomic mass is 10.1. The van der Waals surface area contributed by atoms with E-state index in [-0.39, 0.29) is 18.4 Å². The van der Waals surface area contributed by atoms with Crippen molar-refractivity contribution in [2.75, 3.05) is 37.5 Å². The second kappa shape index (κ2) is 11.1. The van der Waals surface area contributed by atoms with Gasteiger partial charge < -0.3 is 19.7 Å². The minimum absolute atomic E-state index is 0.115. The van der Waals surface area contributed by atoms with Crippen molar-refractivity contribution in [3.8, 4) is 11.5 Å². The molecule has 3 aromatic carbocycles. The molecular weight excluding hydrogens is 466 g/mol. The maximum Gasteiger partial charge on any atom is 0.324 e. The number of nitrogens with one attached hydrogen (secondary N) is 1. The molecule has 182 valence electrons. The molecule has 8 heteroatoms. The van der Waals surface area contributed by atoms with Gasteiger partial charge in [0.05, 0.1) is 26.3 Å². The second-order valence-electron chi connectivity index (χ2n) is 8.30. The van der Waals surface area contributed by atoms with E-state index < -0.39 is 0 Å². The second-order valence-corrected chi connectivity index (χ2v) is 8.74. The molecule has 1 aliphatic heterocycles. The molecule has 0 saturated carbocycles. The van der Waals surface area contributed by atoms with Crippen LogP contribution in [-0.2, 0) is 17.8 Å². The van der Waals surface area contributed by atoms with Gasteiger partial charge in [-0.15, -0.1) is 0 Å². The summed E-state index contributed by atoms with van der Waals surface area (Å²) >= 11 is 6.12. The Balaban J connectivity index is 1.49. The molecule has 0 atom stereocenters. The van der Waals surface area contributed by atoms with Gasteiger partial charge in [-0.05, 0) is 60.0 Å². The molecule has 1 heterocycles. The fraction of sp³-hybridized carbons (Fsp3) is 0.259. The highest BCUT2D eigenvalue weighted by Gasteiger charge is 2.29. The number of ether oxygens (including phenoxy) is 2. The number of hydrogen-bond acceptors (Lipinski definition) is 4. The predicted molar refractivity (Wildman–Crippen MR) is 138 cm³/mol. The molecule has 0 spiro atoms. The number of rotatable bonds is 8. The fourth-order valence-electron chi connectivity index (χ4n) is 4.12. The van der Waals surface area contributed by atoms with E-state index in [2.05, 4.69) is 5.32 Å². The predicted octanol–water partition coefficient (Wildman–Crippen LogP) is 5.37. The maximum atomic E-state index is 13.4. The molecule has 3 aromatic rings. The molecule has 4 rings (SSSR count). The lowest BCUT2D eigenvalue weighted by molar-refractivity contribution is -0.115. The molecule has 1 N–H and O–H groups in total. The van der Waals surface area contributed by atoms with Crippen molar-refractivity contribution in [2.45, 2.75) is 19.4 Å². The van der Waals surface area contributed by atoms with E-state index >= 15 is 0 Å². The van der Waals surface area contributed by atoms with Gasteiger partial charge in [0, 0.05) is 30.3 Å². The van der Waals surface area contributed by atoms with Crippen LogP contribution in [0.15, 0.2) is 66.7 Å². The summed E-state index contributed by atoms with van der Waals surface area (Å²) in [4.78, 5) is 29.5. The highest BCUT2D eigenvalue weighted by atomic mass is 35.5. The third-order valence-electron chi connectivity index (χ3n) is 5.85. The molecule has 1 aliphatic rings. The molecule has 1 saturated heterocycles. The van der Waals surface area contributed by atoms with Gasteiger partial charge in [0.25, 0.3) is 0 Å². The summed E-state index contributed by atoms with van der Waals surface area (Å²) in [6.45, 7) is 1.68. The molecule has 3 amide bonds. The zero-order valence-corrected chi connectivity index (χ0v) is 20.5. The smallest absolute Gasteiger partial charge is 0.324 e. The van der Waals surface area contributed by atoms with Crippen LogP contribution in [0.3, 0.4) is 0 Å². The number of benzene rings is 3. The van der Waals surface area contributed by atoms with Crippen LogP contribution >= 0.6 is 11.6 Å². The first kappa shape index (κ1) is 24.4. The minimum Gasteiger partial charge on any atom is -0.497 e. The Hall–Kier alpha value is -3.71. The molecule has 0 aliphatic carbocycles. The topological polar surface area (TPSA) is 71.1 Å². The van der Waals surface area contributed by atoms with Crippen molar-refractivity contribution in [3.05, 3.63) is 82.9 Å². The molecule has 0 aromatic heterocycles. The molecule has 1 fully saturated rings. The molecule has 0 radical (unpaired) electrons. The number of anilines is 2. The highest BCUT2D eigenvalue weighted by Crippen LogP contribution is 2.34. The Kier molecular flexibility index (Phi) is 7.77. The van der Waals surface area contributed by atoms with Crippen molar-refractivity contribution in [1.82, 2.24) is 4.90 Å². The molecule has 35 heavy (non-hydrogen) atoms. The van der Waals surface area contributed by atoms with Gasteiger partial charge in [0.1, 0.15) is 11.5 Å². The van der Waals surface area contributed by atoms with Crippen molar-refractivity contribution in [2.24, 2.45) is 0 Å². The van der Waals surface area contributed by atoms with Gasteiger partial charge in [0.2, 0.25) is 5.91 Å². The summed E-state index contributed by atoms with van der Waals surface area (Å²) in [6.07, 6.45) is 1.03. The zero-order valence-electron chi connectivity index (χ0n) is 19.8. The van der Waals surface area contributed by atoms with Crippen LogP contribution in [0.1, 0.15) is 17.5 Å². The van der Waals surface area contributed by atoms with Gasteiger partial charge in [-0.2, -0.15) is 0 Å². The van der Waals surface area contributed by atoms with Crippen LogP contribution in [0, 0.1) is 0 Å². The molecular formula is C27H28ClN3O4. The maximum absolute atomic E-state index is 13.4. The number of methoxy groups -OCH3 is 2. The number of carbonyl (C=O) groups excluding carboxylic acids is 2. The fourth-order valence-corrected chi connectivity index (χ4v) is 4.33. The van der Waals surface area contributed by atoms with E-state index in [0.29, 0.717) is 41.8 Å². The Morgan fingerprint density at radius 1 is 0.971 bits per heavy atom. The minimum atomic E-state index is -0.154. The zero-order chi connectivity index (χ0) is 24.8. The average molecular weight is 494 g/mol. The van der Waals surface area contributed by atoms with E-state index in [0.717, 1.165) is 23.3 Å². The average Bonchev–Trinajstić information content (AvgIpc) is 2.86. The monoisotopic (exact) mass is 493 g/mol. The first-order valence-corrected chi connectivity index (χ1v) is 11.8. The summed E-state index contributed by atoms with van der Waals surface area (Å²) in [5.74, 6) is 1.15. The number of nitrogens with zero attached hydrogens (tertiary/aromatic N) is 2. The Bertz CT molecular complexity index is 1200. The van der Waals surface area contributed by atoms with E-state index in [4.69, 9.17) is 21.1 Å². The SMILES string of the molecule is COc1ccc(CC(=O)Nc2ccc(OC)c(N3CCCN(Cc4cccc(Cl)c4)C3=O)c2)cc1. The van der Waals surface area contributed by atoms with Crippen LogP contribution in [0.25, 0.3) is 0 Å². The van der Waals surface area contributed by atoms with E-state index in [1.54, 1.807) is 42.2 Å². The summed E-state index contributed by atoms with van der Waals surface area (Å²) in [7, 11) is 3.17. The molecule has 7 nitrogen and oxygen atoms in total. The number of amides is 3. The van der Waals surface area contributed by atoms with Crippen molar-refractivity contribution < 1.29 is 19.1 Å². The van der Waals surface area contributed by atoms with Gasteiger partial charge in [-0.1, -0.05) is 35.9 Å². The Morgan fingerprint density at radius 3 is 2.49 bits per heavy atom. The Morgan fingerprint density at radius 2 is 1.77 bits per heavy atom. The van der Waals surface area contributed by atoms with Gasteiger partial charge in [0.15, 0.2) is 0 Å². The molecule has 0 unspecified atom stereocenters. The third kappa shape index (κ3) is 6.05. The van der Waals surface area contributed by atoms with Crippen LogP contribution in [-0.4, -0.2) is 44.1 Å². The number of carbonyl (C=O) groups is 2. The number of urea groups is 1. The van der Waals surface area contributed by atoms with Gasteiger partial charge in [-0.25, -0.2) is 4.79 Å². The highest BCUT2D eigenvalue weighted by molar-refractivity contribution is 6.30. The van der Waals surface area contributed by atoms with Crippen LogP contribution in [0.2, 0.25) is 5.02 Å². The first-order valence-electron chi connectivity index (χ1n) is 11.4. The van der Waals surface area contributed by atoms with Crippen LogP contribution < -0.4 is 19.7 Å². The number of halogens is 1. The lowest BCUT2D eigenvalue weighted by Gasteiger charge is -2.36. The first-order chi connectivity index (χ1) is 17.0. The van der Waals surface area contributed by atoms with Gasteiger partial charge >= 0.3 is 6.03 Å². The summed E-state index contributed by atoms with van der Waals surface area (Å²) in [6, 6.07) is 20.1. The summed E-state index contributed by atoms with van der Waals surface area (Å²) in [5, 5.41) is 3.57. The Labute approximate surface area is 210 Å². The largest absolute Gasteiger partial charge is 0.497 e. The van der Waals surface area contributed by atoms with Crippen LogP contribution in [0.5, 0.6) is 11.5 Å². The standard InChI is InChI=1S/C27H28ClN3O4/c1-34-23-10-7-19(8-11-23)16-26(32)29-22-9-12-25(35-2)24(17-22)31-14-4-13-30(27(31)33)18-20-5-3-6-21(28)15-20/h3,5-12,15,17H,4,13-14,16,18H2,1-2H3,(H,29,32). The van der Waals surface area contributed by atoms with Crippen molar-refractivity contribution in [3.63, 3.8) is 0 Å². The molecule has 0 bridgehead atoms. The van der Waals surface area contributed by atoms with Crippen LogP contribution in [0.4, 0.5) is 16.2 Å². The van der Waals surface area contributed by atoms with E-state index in [9.17, 15) is 9.59 Å². The summed E-state index contributed by atoms with van der Waals surface area (Å²) < 4.78 is 10.7.